The van der Waals surface area contributed by atoms with Gasteiger partial charge in [-0.1, -0.05) is 6.07 Å². The van der Waals surface area contributed by atoms with Crippen LogP contribution in [0.15, 0.2) is 29.8 Å². The molecule has 2 aliphatic rings. The topological polar surface area (TPSA) is 72.5 Å². The molecule has 4 rings (SSSR count). The number of nitrogens with zero attached hydrogens (tertiary/aromatic N) is 1. The molecule has 2 aromatic rings. The number of thiazole rings is 1. The predicted octanol–water partition coefficient (Wildman–Crippen LogP) is 2.96. The van der Waals surface area contributed by atoms with E-state index in [-0.39, 0.29) is 24.3 Å². The molecule has 0 spiro atoms. The molecule has 7 heteroatoms. The van der Waals surface area contributed by atoms with Crippen LogP contribution in [-0.4, -0.2) is 24.4 Å². The van der Waals surface area contributed by atoms with E-state index in [0.717, 1.165) is 29.3 Å². The molecule has 1 fully saturated rings. The van der Waals surface area contributed by atoms with Crippen molar-refractivity contribution in [1.82, 2.24) is 15.6 Å². The molecule has 6 nitrogen and oxygen atoms in total. The summed E-state index contributed by atoms with van der Waals surface area (Å²) in [6.45, 7) is 2.83. The number of ether oxygens (including phenoxy) is 2. The lowest BCUT2D eigenvalue weighted by atomic mass is 9.95. The smallest absolute Gasteiger partial charge is 0.315 e. The van der Waals surface area contributed by atoms with Gasteiger partial charge < -0.3 is 20.1 Å². The van der Waals surface area contributed by atoms with Gasteiger partial charge in [0.1, 0.15) is 5.01 Å². The highest BCUT2D eigenvalue weighted by molar-refractivity contribution is 7.09. The molecule has 1 atom stereocenters. The highest BCUT2D eigenvalue weighted by atomic mass is 32.1. The number of nitrogens with one attached hydrogen (secondary N) is 2. The number of carbonyl (C=O) groups is 1. The average molecular weight is 345 g/mol. The molecule has 0 radical (unpaired) electrons. The van der Waals surface area contributed by atoms with Gasteiger partial charge in [0.2, 0.25) is 6.79 Å². The maximum Gasteiger partial charge on any atom is 0.315 e. The summed E-state index contributed by atoms with van der Waals surface area (Å²) in [4.78, 5) is 16.4. The minimum atomic E-state index is -0.162. The first-order chi connectivity index (χ1) is 11.7. The lowest BCUT2D eigenvalue weighted by Gasteiger charge is -2.18. The normalized spacial score (nSPS) is 18.0. The summed E-state index contributed by atoms with van der Waals surface area (Å²) in [6.07, 6.45) is 3.87. The van der Waals surface area contributed by atoms with Crippen LogP contribution in [0, 0.1) is 0 Å². The third-order valence-electron chi connectivity index (χ3n) is 4.60. The van der Waals surface area contributed by atoms with Crippen LogP contribution in [0.25, 0.3) is 0 Å². The number of aromatic nitrogens is 1. The number of carbonyl (C=O) groups excluding carboxylic acids is 1. The van der Waals surface area contributed by atoms with Crippen LogP contribution in [0.2, 0.25) is 0 Å². The quantitative estimate of drug-likeness (QED) is 0.874. The molecule has 2 N–H and O–H groups in total. The van der Waals surface area contributed by atoms with Crippen LogP contribution in [0.3, 0.4) is 0 Å². The number of urea groups is 1. The SMILES string of the molecule is CC(NC(=O)NCC1(c2ccc3c(c2)OCO3)CC1)c1nccs1. The molecule has 1 aliphatic carbocycles. The highest BCUT2D eigenvalue weighted by Gasteiger charge is 2.45. The Balaban J connectivity index is 1.36. The second kappa shape index (κ2) is 5.98. The molecule has 2 heterocycles. The summed E-state index contributed by atoms with van der Waals surface area (Å²) in [5.41, 5.74) is 1.21. The van der Waals surface area contributed by atoms with Crippen LogP contribution in [-0.2, 0) is 5.41 Å². The van der Waals surface area contributed by atoms with E-state index in [1.807, 2.05) is 24.4 Å². The molecule has 2 amide bonds. The Bertz CT molecular complexity index is 744. The molecule has 1 saturated carbocycles. The van der Waals surface area contributed by atoms with Gasteiger partial charge in [-0.25, -0.2) is 9.78 Å². The van der Waals surface area contributed by atoms with Crippen molar-refractivity contribution in [1.29, 1.82) is 0 Å². The largest absolute Gasteiger partial charge is 0.454 e. The first kappa shape index (κ1) is 15.3. The minimum Gasteiger partial charge on any atom is -0.454 e. The Morgan fingerprint density at radius 2 is 2.21 bits per heavy atom. The fourth-order valence-corrected chi connectivity index (χ4v) is 3.60. The predicted molar refractivity (Wildman–Crippen MR) is 90.5 cm³/mol. The zero-order chi connectivity index (χ0) is 16.6. The number of benzene rings is 1. The fourth-order valence-electron chi connectivity index (χ4n) is 2.95. The number of hydrogen-bond acceptors (Lipinski definition) is 5. The molecule has 0 saturated heterocycles. The van der Waals surface area contributed by atoms with Crippen LogP contribution < -0.4 is 20.1 Å². The van der Waals surface area contributed by atoms with Gasteiger partial charge in [-0.3, -0.25) is 0 Å². The third kappa shape index (κ3) is 2.91. The molecule has 1 unspecified atom stereocenters. The van der Waals surface area contributed by atoms with Crippen LogP contribution in [0.4, 0.5) is 4.79 Å². The van der Waals surface area contributed by atoms with Crippen molar-refractivity contribution in [2.24, 2.45) is 0 Å². The van der Waals surface area contributed by atoms with E-state index in [0.29, 0.717) is 6.54 Å². The second-order valence-electron chi connectivity index (χ2n) is 6.27. The Labute approximate surface area is 144 Å². The van der Waals surface area contributed by atoms with Crippen molar-refractivity contribution < 1.29 is 14.3 Å². The van der Waals surface area contributed by atoms with Crippen molar-refractivity contribution in [3.8, 4) is 11.5 Å². The number of rotatable bonds is 5. The summed E-state index contributed by atoms with van der Waals surface area (Å²) in [5, 5.41) is 8.74. The van der Waals surface area contributed by atoms with E-state index in [9.17, 15) is 4.79 Å². The molecule has 126 valence electrons. The number of hydrogen-bond donors (Lipinski definition) is 2. The Morgan fingerprint density at radius 1 is 1.38 bits per heavy atom. The van der Waals surface area contributed by atoms with Gasteiger partial charge in [-0.05, 0) is 37.5 Å². The zero-order valence-corrected chi connectivity index (χ0v) is 14.2. The fraction of sp³-hybridized carbons (Fsp3) is 0.412. The lowest BCUT2D eigenvalue weighted by molar-refractivity contribution is 0.174. The molecule has 1 aromatic carbocycles. The molecule has 24 heavy (non-hydrogen) atoms. The van der Waals surface area contributed by atoms with Gasteiger partial charge in [0.05, 0.1) is 6.04 Å². The molecular weight excluding hydrogens is 326 g/mol. The Morgan fingerprint density at radius 3 is 2.96 bits per heavy atom. The standard InChI is InChI=1S/C17H19N3O3S/c1-11(15-18-6-7-24-15)20-16(21)19-9-17(4-5-17)12-2-3-13-14(8-12)23-10-22-13/h2-3,6-8,11H,4-5,9-10H2,1H3,(H2,19,20,21). The van der Waals surface area contributed by atoms with Gasteiger partial charge in [-0.15, -0.1) is 11.3 Å². The van der Waals surface area contributed by atoms with E-state index >= 15 is 0 Å². The molecule has 1 aliphatic heterocycles. The van der Waals surface area contributed by atoms with E-state index in [1.54, 1.807) is 6.20 Å². The van der Waals surface area contributed by atoms with Gasteiger partial charge >= 0.3 is 6.03 Å². The van der Waals surface area contributed by atoms with Crippen molar-refractivity contribution >= 4 is 17.4 Å². The van der Waals surface area contributed by atoms with E-state index < -0.39 is 0 Å². The summed E-state index contributed by atoms with van der Waals surface area (Å²) in [5.74, 6) is 1.58. The van der Waals surface area contributed by atoms with Gasteiger partial charge in [0.15, 0.2) is 11.5 Å². The summed E-state index contributed by atoms with van der Waals surface area (Å²) in [6, 6.07) is 5.80. The summed E-state index contributed by atoms with van der Waals surface area (Å²) >= 11 is 1.54. The van der Waals surface area contributed by atoms with Crippen molar-refractivity contribution in [3.05, 3.63) is 40.3 Å². The minimum absolute atomic E-state index is 0.0166. The van der Waals surface area contributed by atoms with Crippen molar-refractivity contribution in [2.75, 3.05) is 13.3 Å². The molecular formula is C17H19N3O3S. The van der Waals surface area contributed by atoms with Gasteiger partial charge in [0, 0.05) is 23.5 Å². The van der Waals surface area contributed by atoms with Gasteiger partial charge in [-0.2, -0.15) is 0 Å². The van der Waals surface area contributed by atoms with Crippen LogP contribution >= 0.6 is 11.3 Å². The number of fused-ring (bicyclic) bond motifs is 1. The molecule has 0 bridgehead atoms. The first-order valence-corrected chi connectivity index (χ1v) is 8.88. The summed E-state index contributed by atoms with van der Waals surface area (Å²) in [7, 11) is 0. The van der Waals surface area contributed by atoms with Crippen LogP contribution in [0.5, 0.6) is 11.5 Å². The summed E-state index contributed by atoms with van der Waals surface area (Å²) < 4.78 is 10.8. The highest BCUT2D eigenvalue weighted by Crippen LogP contribution is 2.49. The first-order valence-electron chi connectivity index (χ1n) is 8.00. The van der Waals surface area contributed by atoms with E-state index in [2.05, 4.69) is 21.7 Å². The van der Waals surface area contributed by atoms with E-state index in [1.165, 1.54) is 16.9 Å². The van der Waals surface area contributed by atoms with Crippen LogP contribution in [0.1, 0.15) is 36.4 Å². The maximum atomic E-state index is 12.2. The maximum absolute atomic E-state index is 12.2. The third-order valence-corrected chi connectivity index (χ3v) is 5.55. The molecule has 1 aromatic heterocycles. The Hall–Kier alpha value is -2.28. The van der Waals surface area contributed by atoms with Gasteiger partial charge in [0.25, 0.3) is 0 Å². The monoisotopic (exact) mass is 345 g/mol. The van der Waals surface area contributed by atoms with Crippen molar-refractivity contribution in [2.45, 2.75) is 31.2 Å². The Kier molecular flexibility index (Phi) is 3.80. The lowest BCUT2D eigenvalue weighted by Crippen LogP contribution is -2.40. The zero-order valence-electron chi connectivity index (χ0n) is 13.4. The van der Waals surface area contributed by atoms with Crippen molar-refractivity contribution in [3.63, 3.8) is 0 Å². The number of amides is 2. The van der Waals surface area contributed by atoms with E-state index in [4.69, 9.17) is 9.47 Å². The second-order valence-corrected chi connectivity index (χ2v) is 7.19. The average Bonchev–Trinajstić information content (AvgIpc) is 3.02.